The molecule has 2 N–H and O–H groups in total. The van der Waals surface area contributed by atoms with Crippen LogP contribution in [0, 0.1) is 5.92 Å². The number of nitrogens with one attached hydrogen (secondary N) is 1. The van der Waals surface area contributed by atoms with E-state index >= 15 is 0 Å². The first-order valence-corrected chi connectivity index (χ1v) is 8.45. The van der Waals surface area contributed by atoms with E-state index < -0.39 is 0 Å². The summed E-state index contributed by atoms with van der Waals surface area (Å²) >= 11 is 0. The fourth-order valence-corrected chi connectivity index (χ4v) is 2.86. The quantitative estimate of drug-likeness (QED) is 0.784. The molecule has 0 saturated heterocycles. The van der Waals surface area contributed by atoms with Gasteiger partial charge in [0.1, 0.15) is 12.4 Å². The van der Waals surface area contributed by atoms with Gasteiger partial charge in [0.2, 0.25) is 0 Å². The van der Waals surface area contributed by atoms with Crippen LogP contribution in [0.1, 0.15) is 35.2 Å². The normalized spacial score (nSPS) is 14.9. The standard InChI is InChI=1S/C20H23NO3/c22-13-12-19(15-10-11-15)21-20(23)18-9-5-4-6-16(18)14-24-17-7-2-1-3-8-17/h1-9,15,19,22H,10-14H2,(H,21,23). The lowest BCUT2D eigenvalue weighted by Gasteiger charge is -2.18. The minimum Gasteiger partial charge on any atom is -0.489 e. The lowest BCUT2D eigenvalue weighted by atomic mass is 10.1. The van der Waals surface area contributed by atoms with E-state index in [0.29, 0.717) is 24.5 Å². The summed E-state index contributed by atoms with van der Waals surface area (Å²) < 4.78 is 5.78. The van der Waals surface area contributed by atoms with Crippen molar-refractivity contribution in [2.24, 2.45) is 5.92 Å². The van der Waals surface area contributed by atoms with Crippen LogP contribution in [0.3, 0.4) is 0 Å². The molecule has 1 fully saturated rings. The van der Waals surface area contributed by atoms with Crippen LogP contribution in [-0.2, 0) is 6.61 Å². The molecule has 0 aliphatic heterocycles. The Bertz CT molecular complexity index is 668. The van der Waals surface area contributed by atoms with E-state index in [1.807, 2.05) is 54.6 Å². The molecule has 1 saturated carbocycles. The van der Waals surface area contributed by atoms with Crippen LogP contribution in [-0.4, -0.2) is 23.7 Å². The van der Waals surface area contributed by atoms with Crippen molar-refractivity contribution >= 4 is 5.91 Å². The van der Waals surface area contributed by atoms with Gasteiger partial charge in [-0.15, -0.1) is 0 Å². The number of para-hydroxylation sites is 1. The van der Waals surface area contributed by atoms with Gasteiger partial charge in [-0.25, -0.2) is 0 Å². The molecule has 4 heteroatoms. The topological polar surface area (TPSA) is 58.6 Å². The summed E-state index contributed by atoms with van der Waals surface area (Å²) in [6.07, 6.45) is 2.87. The zero-order chi connectivity index (χ0) is 16.8. The van der Waals surface area contributed by atoms with Crippen LogP contribution < -0.4 is 10.1 Å². The van der Waals surface area contributed by atoms with Gasteiger partial charge in [-0.3, -0.25) is 4.79 Å². The fraction of sp³-hybridized carbons (Fsp3) is 0.350. The number of rotatable bonds is 8. The van der Waals surface area contributed by atoms with Gasteiger partial charge in [-0.05, 0) is 43.4 Å². The van der Waals surface area contributed by atoms with Gasteiger partial charge in [0, 0.05) is 23.8 Å². The number of benzene rings is 2. The smallest absolute Gasteiger partial charge is 0.251 e. The Kier molecular flexibility index (Phi) is 5.49. The molecule has 24 heavy (non-hydrogen) atoms. The van der Waals surface area contributed by atoms with Crippen LogP contribution in [0.2, 0.25) is 0 Å². The first kappa shape index (κ1) is 16.5. The average molecular weight is 325 g/mol. The molecule has 0 aromatic heterocycles. The second-order valence-corrected chi connectivity index (χ2v) is 6.19. The molecule has 1 aliphatic carbocycles. The van der Waals surface area contributed by atoms with E-state index in [1.54, 1.807) is 0 Å². The van der Waals surface area contributed by atoms with E-state index in [4.69, 9.17) is 4.74 Å². The second kappa shape index (κ2) is 7.97. The number of aliphatic hydroxyl groups is 1. The van der Waals surface area contributed by atoms with Crippen molar-refractivity contribution in [3.05, 3.63) is 65.7 Å². The molecule has 1 amide bonds. The molecule has 126 valence electrons. The maximum atomic E-state index is 12.6. The zero-order valence-electron chi connectivity index (χ0n) is 13.7. The molecule has 0 spiro atoms. The number of carbonyl (C=O) groups excluding carboxylic acids is 1. The van der Waals surface area contributed by atoms with Crippen LogP contribution >= 0.6 is 0 Å². The zero-order valence-corrected chi connectivity index (χ0v) is 13.7. The lowest BCUT2D eigenvalue weighted by molar-refractivity contribution is 0.0921. The molecule has 2 aromatic carbocycles. The van der Waals surface area contributed by atoms with Gasteiger partial charge in [0.05, 0.1) is 0 Å². The molecule has 0 heterocycles. The van der Waals surface area contributed by atoms with Crippen molar-refractivity contribution < 1.29 is 14.6 Å². The SMILES string of the molecule is O=C(NC(CCO)C1CC1)c1ccccc1COc1ccccc1. The molecule has 1 aliphatic rings. The van der Waals surface area contributed by atoms with Crippen molar-refractivity contribution in [1.29, 1.82) is 0 Å². The summed E-state index contributed by atoms with van der Waals surface area (Å²) in [5.41, 5.74) is 1.49. The van der Waals surface area contributed by atoms with Gasteiger partial charge >= 0.3 is 0 Å². The third kappa shape index (κ3) is 4.36. The predicted octanol–water partition coefficient (Wildman–Crippen LogP) is 3.16. The van der Waals surface area contributed by atoms with Gasteiger partial charge in [-0.1, -0.05) is 36.4 Å². The van der Waals surface area contributed by atoms with E-state index in [0.717, 1.165) is 24.2 Å². The Hall–Kier alpha value is -2.33. The molecule has 3 rings (SSSR count). The van der Waals surface area contributed by atoms with Gasteiger partial charge < -0.3 is 15.2 Å². The third-order valence-corrected chi connectivity index (χ3v) is 4.35. The number of amides is 1. The van der Waals surface area contributed by atoms with Crippen molar-refractivity contribution in [1.82, 2.24) is 5.32 Å². The number of hydrogen-bond acceptors (Lipinski definition) is 3. The fourth-order valence-electron chi connectivity index (χ4n) is 2.86. The monoisotopic (exact) mass is 325 g/mol. The predicted molar refractivity (Wildman–Crippen MR) is 92.9 cm³/mol. The second-order valence-electron chi connectivity index (χ2n) is 6.19. The summed E-state index contributed by atoms with van der Waals surface area (Å²) in [5, 5.41) is 12.3. The van der Waals surface area contributed by atoms with Gasteiger partial charge in [-0.2, -0.15) is 0 Å². The minimum atomic E-state index is -0.0902. The summed E-state index contributed by atoms with van der Waals surface area (Å²) in [5.74, 6) is 1.20. The Labute approximate surface area is 142 Å². The highest BCUT2D eigenvalue weighted by molar-refractivity contribution is 5.95. The number of aliphatic hydroxyl groups excluding tert-OH is 1. The van der Waals surface area contributed by atoms with Crippen LogP contribution in [0.25, 0.3) is 0 Å². The number of ether oxygens (including phenoxy) is 1. The van der Waals surface area contributed by atoms with E-state index in [2.05, 4.69) is 5.32 Å². The lowest BCUT2D eigenvalue weighted by Crippen LogP contribution is -2.37. The van der Waals surface area contributed by atoms with Crippen molar-refractivity contribution in [2.45, 2.75) is 31.9 Å². The molecule has 0 radical (unpaired) electrons. The van der Waals surface area contributed by atoms with E-state index in [1.165, 1.54) is 0 Å². The number of carbonyl (C=O) groups is 1. The average Bonchev–Trinajstić information content (AvgIpc) is 3.46. The Morgan fingerprint density at radius 2 is 1.83 bits per heavy atom. The summed E-state index contributed by atoms with van der Waals surface area (Å²) in [6, 6.07) is 17.1. The van der Waals surface area contributed by atoms with E-state index in [-0.39, 0.29) is 18.6 Å². The van der Waals surface area contributed by atoms with Crippen LogP contribution in [0.15, 0.2) is 54.6 Å². The summed E-state index contributed by atoms with van der Waals surface area (Å²) in [6.45, 7) is 0.446. The highest BCUT2D eigenvalue weighted by atomic mass is 16.5. The highest BCUT2D eigenvalue weighted by Gasteiger charge is 2.32. The van der Waals surface area contributed by atoms with Crippen molar-refractivity contribution in [3.8, 4) is 5.75 Å². The van der Waals surface area contributed by atoms with Gasteiger partial charge in [0.25, 0.3) is 5.91 Å². The third-order valence-electron chi connectivity index (χ3n) is 4.35. The largest absolute Gasteiger partial charge is 0.489 e. The van der Waals surface area contributed by atoms with Crippen molar-refractivity contribution in [3.63, 3.8) is 0 Å². The maximum absolute atomic E-state index is 12.6. The molecule has 0 bridgehead atoms. The molecular weight excluding hydrogens is 302 g/mol. The Morgan fingerprint density at radius 1 is 1.12 bits per heavy atom. The Balaban J connectivity index is 1.67. The van der Waals surface area contributed by atoms with Crippen LogP contribution in [0.5, 0.6) is 5.75 Å². The molecule has 2 aromatic rings. The van der Waals surface area contributed by atoms with Crippen LogP contribution in [0.4, 0.5) is 0 Å². The first-order valence-electron chi connectivity index (χ1n) is 8.45. The summed E-state index contributed by atoms with van der Waals surface area (Å²) in [4.78, 5) is 12.6. The van der Waals surface area contributed by atoms with Crippen molar-refractivity contribution in [2.75, 3.05) is 6.61 Å². The molecule has 1 atom stereocenters. The highest BCUT2D eigenvalue weighted by Crippen LogP contribution is 2.34. The maximum Gasteiger partial charge on any atom is 0.251 e. The molecule has 4 nitrogen and oxygen atoms in total. The first-order chi connectivity index (χ1) is 11.8. The number of hydrogen-bond donors (Lipinski definition) is 2. The Morgan fingerprint density at radius 3 is 2.54 bits per heavy atom. The molecular formula is C20H23NO3. The summed E-state index contributed by atoms with van der Waals surface area (Å²) in [7, 11) is 0. The molecule has 1 unspecified atom stereocenters. The van der Waals surface area contributed by atoms with E-state index in [9.17, 15) is 9.90 Å². The minimum absolute atomic E-state index is 0.0607. The van der Waals surface area contributed by atoms with Gasteiger partial charge in [0.15, 0.2) is 0 Å².